The van der Waals surface area contributed by atoms with E-state index in [9.17, 15) is 9.90 Å². The molecule has 88 valence electrons. The van der Waals surface area contributed by atoms with Gasteiger partial charge in [-0.2, -0.15) is 0 Å². The van der Waals surface area contributed by atoms with Gasteiger partial charge in [0, 0.05) is 11.1 Å². The van der Waals surface area contributed by atoms with Gasteiger partial charge in [-0.1, -0.05) is 0 Å². The van der Waals surface area contributed by atoms with Crippen LogP contribution in [0.25, 0.3) is 0 Å². The number of rotatable bonds is 3. The van der Waals surface area contributed by atoms with Crippen molar-refractivity contribution in [2.45, 2.75) is 19.9 Å². The summed E-state index contributed by atoms with van der Waals surface area (Å²) in [5, 5.41) is 18.6. The zero-order valence-electron chi connectivity index (χ0n) is 9.44. The van der Waals surface area contributed by atoms with Crippen molar-refractivity contribution in [2.75, 3.05) is 7.11 Å². The summed E-state index contributed by atoms with van der Waals surface area (Å²) in [4.78, 5) is 10.8. The van der Waals surface area contributed by atoms with Gasteiger partial charge in [-0.25, -0.2) is 0 Å². The van der Waals surface area contributed by atoms with Crippen molar-refractivity contribution in [3.05, 3.63) is 22.8 Å². The van der Waals surface area contributed by atoms with Crippen molar-refractivity contribution >= 4 is 5.97 Å². The van der Waals surface area contributed by atoms with Gasteiger partial charge in [-0.05, 0) is 25.5 Å². The molecule has 0 fully saturated rings. The fraction of sp³-hybridized carbons (Fsp3) is 0.364. The Hall–Kier alpha value is -1.75. The van der Waals surface area contributed by atoms with Gasteiger partial charge in [-0.3, -0.25) is 4.79 Å². The van der Waals surface area contributed by atoms with Crippen molar-refractivity contribution in [3.8, 4) is 11.5 Å². The molecule has 16 heavy (non-hydrogen) atoms. The highest BCUT2D eigenvalue weighted by Gasteiger charge is 2.23. The molecule has 0 bridgehead atoms. The lowest BCUT2D eigenvalue weighted by Crippen LogP contribution is -2.22. The van der Waals surface area contributed by atoms with Crippen molar-refractivity contribution in [1.82, 2.24) is 0 Å². The van der Waals surface area contributed by atoms with Crippen LogP contribution in [0.15, 0.2) is 6.07 Å². The van der Waals surface area contributed by atoms with Crippen LogP contribution in [-0.2, 0) is 4.79 Å². The van der Waals surface area contributed by atoms with Gasteiger partial charge in [0.1, 0.15) is 17.5 Å². The molecule has 1 aromatic carbocycles. The fourth-order valence-corrected chi connectivity index (χ4v) is 1.79. The third kappa shape index (κ3) is 1.94. The molecule has 5 nitrogen and oxygen atoms in total. The van der Waals surface area contributed by atoms with Crippen LogP contribution in [-0.4, -0.2) is 23.3 Å². The van der Waals surface area contributed by atoms with Crippen LogP contribution in [0.4, 0.5) is 0 Å². The number of carbonyl (C=O) groups is 1. The Morgan fingerprint density at radius 3 is 2.50 bits per heavy atom. The van der Waals surface area contributed by atoms with Crippen LogP contribution in [0.2, 0.25) is 0 Å². The molecule has 0 amide bonds. The highest BCUT2D eigenvalue weighted by molar-refractivity contribution is 5.77. The Morgan fingerprint density at radius 1 is 1.50 bits per heavy atom. The van der Waals surface area contributed by atoms with Crippen LogP contribution >= 0.6 is 0 Å². The maximum absolute atomic E-state index is 10.8. The molecule has 1 aromatic rings. The molecular weight excluding hydrogens is 210 g/mol. The SMILES string of the molecule is COc1c(C)cc(O)c([C@H](N)C(=O)O)c1C. The molecule has 4 N–H and O–H groups in total. The third-order valence-electron chi connectivity index (χ3n) is 2.51. The number of aliphatic carboxylic acids is 1. The average Bonchev–Trinajstić information content (AvgIpc) is 2.17. The summed E-state index contributed by atoms with van der Waals surface area (Å²) < 4.78 is 5.14. The first-order chi connectivity index (χ1) is 7.40. The average molecular weight is 225 g/mol. The second-order valence-corrected chi connectivity index (χ2v) is 3.60. The summed E-state index contributed by atoms with van der Waals surface area (Å²) >= 11 is 0. The Balaban J connectivity index is 3.45. The topological polar surface area (TPSA) is 92.8 Å². The summed E-state index contributed by atoms with van der Waals surface area (Å²) in [5.74, 6) is -0.764. The minimum atomic E-state index is -1.26. The second-order valence-electron chi connectivity index (χ2n) is 3.60. The molecule has 0 aliphatic heterocycles. The van der Waals surface area contributed by atoms with E-state index in [0.29, 0.717) is 11.3 Å². The molecule has 0 spiro atoms. The van der Waals surface area contributed by atoms with E-state index in [1.807, 2.05) is 0 Å². The van der Waals surface area contributed by atoms with E-state index in [0.717, 1.165) is 5.56 Å². The number of phenols is 1. The molecule has 0 heterocycles. The number of nitrogens with two attached hydrogens (primary N) is 1. The maximum atomic E-state index is 10.8. The van der Waals surface area contributed by atoms with Crippen LogP contribution in [0.3, 0.4) is 0 Å². The van der Waals surface area contributed by atoms with Gasteiger partial charge in [-0.15, -0.1) is 0 Å². The molecule has 1 atom stereocenters. The van der Waals surface area contributed by atoms with Gasteiger partial charge < -0.3 is 20.7 Å². The lowest BCUT2D eigenvalue weighted by atomic mass is 9.97. The standard InChI is InChI=1S/C11H15NO4/c1-5-4-7(13)8(9(12)11(14)15)6(2)10(5)16-3/h4,9,13H,12H2,1-3H3,(H,14,15)/t9-/m0/s1. The predicted octanol–water partition coefficient (Wildman–Crippen LogP) is 1.10. The zero-order chi connectivity index (χ0) is 12.5. The fourth-order valence-electron chi connectivity index (χ4n) is 1.79. The van der Waals surface area contributed by atoms with Gasteiger partial charge in [0.05, 0.1) is 7.11 Å². The summed E-state index contributed by atoms with van der Waals surface area (Å²) in [6.45, 7) is 3.44. The van der Waals surface area contributed by atoms with E-state index in [1.165, 1.54) is 13.2 Å². The zero-order valence-corrected chi connectivity index (χ0v) is 9.44. The number of benzene rings is 1. The largest absolute Gasteiger partial charge is 0.508 e. The number of hydrogen-bond acceptors (Lipinski definition) is 4. The van der Waals surface area contributed by atoms with Crippen molar-refractivity contribution < 1.29 is 19.7 Å². The van der Waals surface area contributed by atoms with E-state index >= 15 is 0 Å². The van der Waals surface area contributed by atoms with Gasteiger partial charge in [0.15, 0.2) is 0 Å². The number of aromatic hydroxyl groups is 1. The number of aryl methyl sites for hydroxylation is 1. The minimum absolute atomic E-state index is 0.120. The lowest BCUT2D eigenvalue weighted by Gasteiger charge is -2.17. The third-order valence-corrected chi connectivity index (χ3v) is 2.51. The summed E-state index contributed by atoms with van der Waals surface area (Å²) in [5.41, 5.74) is 6.97. The number of phenolic OH excluding ortho intramolecular Hbond substituents is 1. The predicted molar refractivity (Wildman–Crippen MR) is 58.7 cm³/mol. The first-order valence-corrected chi connectivity index (χ1v) is 4.75. The van der Waals surface area contributed by atoms with Crippen LogP contribution in [0, 0.1) is 13.8 Å². The van der Waals surface area contributed by atoms with Crippen molar-refractivity contribution in [2.24, 2.45) is 5.73 Å². The molecule has 0 saturated heterocycles. The highest BCUT2D eigenvalue weighted by atomic mass is 16.5. The number of ether oxygens (including phenoxy) is 1. The molecule has 5 heteroatoms. The van der Waals surface area contributed by atoms with Gasteiger partial charge in [0.25, 0.3) is 0 Å². The van der Waals surface area contributed by atoms with Crippen LogP contribution in [0.5, 0.6) is 11.5 Å². The minimum Gasteiger partial charge on any atom is -0.508 e. The summed E-state index contributed by atoms with van der Waals surface area (Å²) in [6, 6.07) is 0.193. The maximum Gasteiger partial charge on any atom is 0.325 e. The molecule has 0 radical (unpaired) electrons. The molecule has 0 unspecified atom stereocenters. The number of hydrogen-bond donors (Lipinski definition) is 3. The van der Waals surface area contributed by atoms with Gasteiger partial charge in [0.2, 0.25) is 0 Å². The highest BCUT2D eigenvalue weighted by Crippen LogP contribution is 2.35. The number of carboxylic acid groups (broad SMARTS) is 1. The summed E-state index contributed by atoms with van der Waals surface area (Å²) in [6.07, 6.45) is 0. The quantitative estimate of drug-likeness (QED) is 0.716. The number of carboxylic acids is 1. The molecule has 0 aliphatic rings. The first kappa shape index (κ1) is 12.3. The van der Waals surface area contributed by atoms with Gasteiger partial charge >= 0.3 is 5.97 Å². The lowest BCUT2D eigenvalue weighted by molar-refractivity contribution is -0.138. The van der Waals surface area contributed by atoms with Crippen LogP contribution < -0.4 is 10.5 Å². The van der Waals surface area contributed by atoms with E-state index in [2.05, 4.69) is 0 Å². The Labute approximate surface area is 93.5 Å². The molecular formula is C11H15NO4. The van der Waals surface area contributed by atoms with E-state index in [4.69, 9.17) is 15.6 Å². The summed E-state index contributed by atoms with van der Waals surface area (Å²) in [7, 11) is 1.49. The van der Waals surface area contributed by atoms with Crippen molar-refractivity contribution in [3.63, 3.8) is 0 Å². The molecule has 0 aromatic heterocycles. The molecule has 0 saturated carbocycles. The second kappa shape index (κ2) is 4.40. The number of methoxy groups -OCH3 is 1. The van der Waals surface area contributed by atoms with Crippen LogP contribution in [0.1, 0.15) is 22.7 Å². The smallest absolute Gasteiger partial charge is 0.325 e. The monoisotopic (exact) mass is 225 g/mol. The Morgan fingerprint density at radius 2 is 2.06 bits per heavy atom. The molecule has 1 rings (SSSR count). The van der Waals surface area contributed by atoms with Crippen molar-refractivity contribution in [1.29, 1.82) is 0 Å². The molecule has 0 aliphatic carbocycles. The van der Waals surface area contributed by atoms with E-state index in [-0.39, 0.29) is 11.3 Å². The Bertz CT molecular complexity index is 428. The first-order valence-electron chi connectivity index (χ1n) is 4.75. The van der Waals surface area contributed by atoms with E-state index < -0.39 is 12.0 Å². The van der Waals surface area contributed by atoms with E-state index in [1.54, 1.807) is 13.8 Å². The Kier molecular flexibility index (Phi) is 3.39. The normalized spacial score (nSPS) is 12.2.